The predicted octanol–water partition coefficient (Wildman–Crippen LogP) is 2.44. The van der Waals surface area contributed by atoms with Gasteiger partial charge in [0.05, 0.1) is 12.7 Å². The van der Waals surface area contributed by atoms with Crippen LogP contribution in [0.3, 0.4) is 0 Å². The van der Waals surface area contributed by atoms with Gasteiger partial charge in [-0.2, -0.15) is 0 Å². The van der Waals surface area contributed by atoms with Crippen LogP contribution in [0, 0.1) is 0 Å². The molecular formula is C20H19NO5. The fraction of sp³-hybridized carbons (Fsp3) is 0.150. The van der Waals surface area contributed by atoms with Gasteiger partial charge in [0.1, 0.15) is 5.75 Å². The first-order valence-electron chi connectivity index (χ1n) is 7.89. The molecule has 0 spiro atoms. The van der Waals surface area contributed by atoms with Gasteiger partial charge in [-0.15, -0.1) is 0 Å². The average molecular weight is 353 g/mol. The van der Waals surface area contributed by atoms with Crippen molar-refractivity contribution in [2.24, 2.45) is 0 Å². The molecule has 2 amide bonds. The van der Waals surface area contributed by atoms with E-state index < -0.39 is 24.4 Å². The van der Waals surface area contributed by atoms with Crippen molar-refractivity contribution in [2.75, 3.05) is 13.7 Å². The number of benzene rings is 2. The standard InChI is InChI=1S/C20H19NO5/c1-14(22)21-19(23)13-26-20(24)17(15-8-4-3-5-9-15)12-16-10-6-7-11-18(16)25-2/h3-12H,13H2,1-2H3,(H,21,22,23)/b17-12+. The normalized spacial score (nSPS) is 10.8. The summed E-state index contributed by atoms with van der Waals surface area (Å²) in [6, 6.07) is 16.2. The van der Waals surface area contributed by atoms with Crippen molar-refractivity contribution >= 4 is 29.4 Å². The first kappa shape index (κ1) is 18.9. The number of methoxy groups -OCH3 is 1. The summed E-state index contributed by atoms with van der Waals surface area (Å²) in [7, 11) is 1.54. The van der Waals surface area contributed by atoms with Crippen LogP contribution in [0.4, 0.5) is 0 Å². The molecule has 134 valence electrons. The van der Waals surface area contributed by atoms with E-state index in [1.807, 2.05) is 18.2 Å². The van der Waals surface area contributed by atoms with Crippen molar-refractivity contribution in [1.82, 2.24) is 5.32 Å². The summed E-state index contributed by atoms with van der Waals surface area (Å²) in [4.78, 5) is 34.9. The molecule has 0 aliphatic carbocycles. The second-order valence-electron chi connectivity index (χ2n) is 5.35. The van der Waals surface area contributed by atoms with Crippen molar-refractivity contribution < 1.29 is 23.9 Å². The lowest BCUT2D eigenvalue weighted by Crippen LogP contribution is -2.32. The molecule has 0 unspecified atom stereocenters. The van der Waals surface area contributed by atoms with Crippen LogP contribution in [0.2, 0.25) is 0 Å². The third-order valence-electron chi connectivity index (χ3n) is 3.39. The minimum absolute atomic E-state index is 0.269. The van der Waals surface area contributed by atoms with E-state index in [4.69, 9.17) is 9.47 Å². The molecule has 0 saturated carbocycles. The van der Waals surface area contributed by atoms with Gasteiger partial charge in [0.2, 0.25) is 5.91 Å². The number of rotatable bonds is 6. The summed E-state index contributed by atoms with van der Waals surface area (Å²) >= 11 is 0. The van der Waals surface area contributed by atoms with E-state index in [9.17, 15) is 14.4 Å². The molecule has 0 aliphatic heterocycles. The Morgan fingerprint density at radius 1 is 1.00 bits per heavy atom. The molecule has 2 aromatic rings. The zero-order valence-corrected chi connectivity index (χ0v) is 14.5. The van der Waals surface area contributed by atoms with Gasteiger partial charge in [-0.25, -0.2) is 4.79 Å². The van der Waals surface area contributed by atoms with Crippen molar-refractivity contribution in [2.45, 2.75) is 6.92 Å². The fourth-order valence-corrected chi connectivity index (χ4v) is 2.26. The molecule has 0 radical (unpaired) electrons. The SMILES string of the molecule is COc1ccccc1/C=C(/C(=O)OCC(=O)NC(C)=O)c1ccccc1. The Labute approximate surface area is 151 Å². The van der Waals surface area contributed by atoms with Gasteiger partial charge in [-0.1, -0.05) is 48.5 Å². The van der Waals surface area contributed by atoms with Crippen LogP contribution in [-0.2, 0) is 19.1 Å². The summed E-state index contributed by atoms with van der Waals surface area (Å²) in [5.41, 5.74) is 1.60. The number of amides is 2. The summed E-state index contributed by atoms with van der Waals surface area (Å²) in [6.07, 6.45) is 1.64. The molecule has 6 heteroatoms. The fourth-order valence-electron chi connectivity index (χ4n) is 2.26. The van der Waals surface area contributed by atoms with Crippen molar-refractivity contribution in [3.8, 4) is 5.75 Å². The summed E-state index contributed by atoms with van der Waals surface area (Å²) in [6.45, 7) is 0.658. The Hall–Kier alpha value is -3.41. The van der Waals surface area contributed by atoms with Gasteiger partial charge in [-0.05, 0) is 17.7 Å². The highest BCUT2D eigenvalue weighted by atomic mass is 16.5. The molecule has 0 heterocycles. The molecule has 1 N–H and O–H groups in total. The van der Waals surface area contributed by atoms with E-state index in [1.54, 1.807) is 49.6 Å². The first-order chi connectivity index (χ1) is 12.5. The first-order valence-corrected chi connectivity index (χ1v) is 7.89. The lowest BCUT2D eigenvalue weighted by molar-refractivity contribution is -0.144. The summed E-state index contributed by atoms with van der Waals surface area (Å²) < 4.78 is 10.4. The minimum atomic E-state index is -0.685. The van der Waals surface area contributed by atoms with Crippen LogP contribution >= 0.6 is 0 Å². The van der Waals surface area contributed by atoms with Gasteiger partial charge >= 0.3 is 5.97 Å². The van der Waals surface area contributed by atoms with Gasteiger partial charge < -0.3 is 9.47 Å². The highest BCUT2D eigenvalue weighted by Crippen LogP contribution is 2.25. The quantitative estimate of drug-likeness (QED) is 0.490. The van der Waals surface area contributed by atoms with Crippen LogP contribution in [0.25, 0.3) is 11.6 Å². The van der Waals surface area contributed by atoms with Crippen LogP contribution in [-0.4, -0.2) is 31.5 Å². The van der Waals surface area contributed by atoms with Crippen LogP contribution in [0.15, 0.2) is 54.6 Å². The minimum Gasteiger partial charge on any atom is -0.496 e. The predicted molar refractivity (Wildman–Crippen MR) is 97.1 cm³/mol. The molecule has 2 aromatic carbocycles. The molecular weight excluding hydrogens is 334 g/mol. The van der Waals surface area contributed by atoms with Gasteiger partial charge in [-0.3, -0.25) is 14.9 Å². The molecule has 0 fully saturated rings. The van der Waals surface area contributed by atoms with E-state index >= 15 is 0 Å². The van der Waals surface area contributed by atoms with Gasteiger partial charge in [0.15, 0.2) is 6.61 Å². The monoisotopic (exact) mass is 353 g/mol. The zero-order valence-electron chi connectivity index (χ0n) is 14.5. The molecule has 6 nitrogen and oxygen atoms in total. The number of carbonyl (C=O) groups is 3. The number of para-hydroxylation sites is 1. The largest absolute Gasteiger partial charge is 0.496 e. The van der Waals surface area contributed by atoms with E-state index in [0.29, 0.717) is 16.9 Å². The topological polar surface area (TPSA) is 81.7 Å². The maximum atomic E-state index is 12.5. The third kappa shape index (κ3) is 5.31. The number of carbonyl (C=O) groups excluding carboxylic acids is 3. The third-order valence-corrected chi connectivity index (χ3v) is 3.39. The zero-order chi connectivity index (χ0) is 18.9. The molecule has 0 aromatic heterocycles. The Morgan fingerprint density at radius 2 is 1.65 bits per heavy atom. The highest BCUT2D eigenvalue weighted by Gasteiger charge is 2.16. The molecule has 2 rings (SSSR count). The average Bonchev–Trinajstić information content (AvgIpc) is 2.64. The summed E-state index contributed by atoms with van der Waals surface area (Å²) in [5, 5.41) is 2.05. The van der Waals surface area contributed by atoms with E-state index in [0.717, 1.165) is 0 Å². The van der Waals surface area contributed by atoms with E-state index in [1.165, 1.54) is 6.92 Å². The number of esters is 1. The maximum Gasteiger partial charge on any atom is 0.339 e. The van der Waals surface area contributed by atoms with Crippen molar-refractivity contribution in [3.05, 3.63) is 65.7 Å². The van der Waals surface area contributed by atoms with Gasteiger partial charge in [0.25, 0.3) is 5.91 Å². The number of nitrogens with one attached hydrogen (secondary N) is 1. The second-order valence-corrected chi connectivity index (χ2v) is 5.35. The molecule has 0 saturated heterocycles. The van der Waals surface area contributed by atoms with E-state index in [2.05, 4.69) is 5.32 Å². The van der Waals surface area contributed by atoms with Crippen molar-refractivity contribution in [3.63, 3.8) is 0 Å². The smallest absolute Gasteiger partial charge is 0.339 e. The Balaban J connectivity index is 2.30. The van der Waals surface area contributed by atoms with Crippen LogP contribution < -0.4 is 10.1 Å². The van der Waals surface area contributed by atoms with Crippen LogP contribution in [0.5, 0.6) is 5.75 Å². The Bertz CT molecular complexity index is 827. The van der Waals surface area contributed by atoms with Crippen LogP contribution in [0.1, 0.15) is 18.1 Å². The molecule has 0 atom stereocenters. The molecule has 0 aliphatic rings. The highest BCUT2D eigenvalue weighted by molar-refractivity contribution is 6.22. The van der Waals surface area contributed by atoms with Gasteiger partial charge in [0, 0.05) is 12.5 Å². The van der Waals surface area contributed by atoms with Crippen molar-refractivity contribution in [1.29, 1.82) is 0 Å². The number of hydrogen-bond acceptors (Lipinski definition) is 5. The summed E-state index contributed by atoms with van der Waals surface area (Å²) in [5.74, 6) is -1.28. The molecule has 0 bridgehead atoms. The number of imide groups is 1. The molecule has 26 heavy (non-hydrogen) atoms. The number of ether oxygens (including phenoxy) is 2. The number of hydrogen-bond donors (Lipinski definition) is 1. The second kappa shape index (κ2) is 9.17. The Kier molecular flexibility index (Phi) is 6.68. The van der Waals surface area contributed by atoms with E-state index in [-0.39, 0.29) is 5.57 Å². The Morgan fingerprint density at radius 3 is 2.31 bits per heavy atom. The lowest BCUT2D eigenvalue weighted by Gasteiger charge is -2.10. The maximum absolute atomic E-state index is 12.5. The lowest BCUT2D eigenvalue weighted by atomic mass is 10.0.